The van der Waals surface area contributed by atoms with Crippen molar-refractivity contribution in [2.24, 2.45) is 4.99 Å². The van der Waals surface area contributed by atoms with Crippen LogP contribution in [0.25, 0.3) is 5.65 Å². The molecule has 0 fully saturated rings. The van der Waals surface area contributed by atoms with Crippen molar-refractivity contribution in [2.75, 3.05) is 7.05 Å². The molecule has 1 aliphatic heterocycles. The number of imidazole rings is 1. The number of pyridine rings is 1. The first-order chi connectivity index (χ1) is 13.4. The molecule has 0 aliphatic carbocycles. The first kappa shape index (κ1) is 18.3. The summed E-state index contributed by atoms with van der Waals surface area (Å²) >= 11 is 0. The van der Waals surface area contributed by atoms with Crippen molar-refractivity contribution in [1.82, 2.24) is 20.0 Å². The minimum absolute atomic E-state index is 0.134. The molecule has 1 aromatic carbocycles. The molecule has 0 radical (unpaired) electrons. The van der Waals surface area contributed by atoms with Gasteiger partial charge in [0, 0.05) is 31.4 Å². The summed E-state index contributed by atoms with van der Waals surface area (Å²) in [4.78, 5) is 9.09. The normalized spacial score (nSPS) is 18.4. The highest BCUT2D eigenvalue weighted by Gasteiger charge is 2.33. The monoisotopic (exact) mass is 377 g/mol. The Morgan fingerprint density at radius 2 is 2.14 bits per heavy atom. The smallest absolute Gasteiger partial charge is 0.191 e. The molecule has 0 saturated carbocycles. The largest absolute Gasteiger partial charge is 0.487 e. The molecule has 1 aliphatic rings. The number of benzene rings is 1. The second kappa shape index (κ2) is 7.19. The topological polar surface area (TPSA) is 63.0 Å². The van der Waals surface area contributed by atoms with E-state index in [4.69, 9.17) is 4.74 Å². The van der Waals surface area contributed by atoms with E-state index in [1.165, 1.54) is 5.56 Å². The van der Waals surface area contributed by atoms with Crippen LogP contribution in [-0.4, -0.2) is 28.0 Å². The molecule has 2 aromatic heterocycles. The summed E-state index contributed by atoms with van der Waals surface area (Å²) in [5.41, 5.74) is 4.06. The number of guanidine groups is 1. The number of fused-ring (bicyclic) bond motifs is 2. The third kappa shape index (κ3) is 3.81. The summed E-state index contributed by atoms with van der Waals surface area (Å²) in [6.45, 7) is 6.92. The highest BCUT2D eigenvalue weighted by molar-refractivity contribution is 5.80. The molecule has 3 aromatic rings. The van der Waals surface area contributed by atoms with Gasteiger partial charge in [0.15, 0.2) is 5.96 Å². The molecular formula is C22H27N5O. The molecule has 28 heavy (non-hydrogen) atoms. The zero-order valence-electron chi connectivity index (χ0n) is 16.9. The number of nitrogens with zero attached hydrogens (tertiary/aromatic N) is 3. The fourth-order valence-electron chi connectivity index (χ4n) is 3.69. The predicted molar refractivity (Wildman–Crippen MR) is 112 cm³/mol. The van der Waals surface area contributed by atoms with Gasteiger partial charge in [-0.25, -0.2) is 4.98 Å². The Balaban J connectivity index is 1.47. The lowest BCUT2D eigenvalue weighted by molar-refractivity contribution is 0.0694. The second-order valence-corrected chi connectivity index (χ2v) is 7.93. The molecule has 6 heteroatoms. The first-order valence-electron chi connectivity index (χ1n) is 9.63. The van der Waals surface area contributed by atoms with Crippen LogP contribution in [0, 0.1) is 6.92 Å². The first-order valence-corrected chi connectivity index (χ1v) is 9.63. The minimum Gasteiger partial charge on any atom is -0.487 e. The lowest BCUT2D eigenvalue weighted by Crippen LogP contribution is -2.45. The van der Waals surface area contributed by atoms with E-state index in [1.807, 2.05) is 35.0 Å². The fraction of sp³-hybridized carbons (Fsp3) is 0.364. The van der Waals surface area contributed by atoms with Crippen LogP contribution in [0.4, 0.5) is 0 Å². The lowest BCUT2D eigenvalue weighted by atomic mass is 9.90. The summed E-state index contributed by atoms with van der Waals surface area (Å²) in [6.07, 6.45) is 4.94. The van der Waals surface area contributed by atoms with Crippen LogP contribution in [0.3, 0.4) is 0 Å². The maximum absolute atomic E-state index is 6.12. The van der Waals surface area contributed by atoms with Crippen molar-refractivity contribution in [1.29, 1.82) is 0 Å². The van der Waals surface area contributed by atoms with Gasteiger partial charge in [-0.05, 0) is 44.5 Å². The standard InChI is InChI=1S/C22H27N5O/c1-15-9-10-27-14-16(25-20(27)11-15)13-24-21(23-4)26-18-12-22(2,3)28-19-8-6-5-7-17(18)19/h5-11,14,18H,12-13H2,1-4H3,(H2,23,24,26). The molecular weight excluding hydrogens is 350 g/mol. The van der Waals surface area contributed by atoms with E-state index < -0.39 is 0 Å². The van der Waals surface area contributed by atoms with Crippen LogP contribution in [-0.2, 0) is 6.54 Å². The molecule has 2 N–H and O–H groups in total. The molecule has 4 rings (SSSR count). The SMILES string of the molecule is CN=C(NCc1cn2ccc(C)cc2n1)NC1CC(C)(C)Oc2ccccc21. The number of para-hydroxylation sites is 1. The molecule has 0 bridgehead atoms. The molecule has 0 saturated heterocycles. The Hall–Kier alpha value is -3.02. The highest BCUT2D eigenvalue weighted by Crippen LogP contribution is 2.39. The zero-order chi connectivity index (χ0) is 19.7. The van der Waals surface area contributed by atoms with Crippen molar-refractivity contribution in [3.05, 3.63) is 65.6 Å². The van der Waals surface area contributed by atoms with Gasteiger partial charge in [-0.2, -0.15) is 0 Å². The molecule has 1 unspecified atom stereocenters. The van der Waals surface area contributed by atoms with Crippen LogP contribution < -0.4 is 15.4 Å². The highest BCUT2D eigenvalue weighted by atomic mass is 16.5. The van der Waals surface area contributed by atoms with Gasteiger partial charge in [0.05, 0.1) is 18.3 Å². The Kier molecular flexibility index (Phi) is 4.71. The molecule has 0 amide bonds. The van der Waals surface area contributed by atoms with Gasteiger partial charge >= 0.3 is 0 Å². The van der Waals surface area contributed by atoms with Crippen molar-refractivity contribution in [2.45, 2.75) is 45.4 Å². The number of nitrogens with one attached hydrogen (secondary N) is 2. The third-order valence-electron chi connectivity index (χ3n) is 5.01. The van der Waals surface area contributed by atoms with E-state index in [0.717, 1.165) is 35.0 Å². The Labute approximate surface area is 165 Å². The Morgan fingerprint density at radius 3 is 2.96 bits per heavy atom. The number of aryl methyl sites for hydroxylation is 1. The molecule has 1 atom stereocenters. The number of ether oxygens (including phenoxy) is 1. The Morgan fingerprint density at radius 1 is 1.32 bits per heavy atom. The van der Waals surface area contributed by atoms with Gasteiger partial charge in [-0.1, -0.05) is 18.2 Å². The van der Waals surface area contributed by atoms with Gasteiger partial charge in [0.2, 0.25) is 0 Å². The van der Waals surface area contributed by atoms with Crippen LogP contribution >= 0.6 is 0 Å². The van der Waals surface area contributed by atoms with Crippen molar-refractivity contribution < 1.29 is 4.74 Å². The summed E-state index contributed by atoms with van der Waals surface area (Å²) in [6, 6.07) is 12.5. The number of aliphatic imine (C=N–C) groups is 1. The van der Waals surface area contributed by atoms with Crippen LogP contribution in [0.5, 0.6) is 5.75 Å². The molecule has 3 heterocycles. The maximum atomic E-state index is 6.12. The van der Waals surface area contributed by atoms with Gasteiger partial charge in [-0.3, -0.25) is 4.99 Å². The summed E-state index contributed by atoms with van der Waals surface area (Å²) in [5, 5.41) is 6.94. The van der Waals surface area contributed by atoms with Gasteiger partial charge < -0.3 is 19.8 Å². The number of aromatic nitrogens is 2. The van der Waals surface area contributed by atoms with Crippen LogP contribution in [0.1, 0.15) is 43.1 Å². The summed E-state index contributed by atoms with van der Waals surface area (Å²) < 4.78 is 8.16. The van der Waals surface area contributed by atoms with Crippen LogP contribution in [0.15, 0.2) is 53.8 Å². The van der Waals surface area contributed by atoms with Gasteiger partial charge in [0.1, 0.15) is 17.0 Å². The fourth-order valence-corrected chi connectivity index (χ4v) is 3.69. The van der Waals surface area contributed by atoms with E-state index in [2.05, 4.69) is 59.6 Å². The van der Waals surface area contributed by atoms with Crippen molar-refractivity contribution >= 4 is 11.6 Å². The average molecular weight is 377 g/mol. The number of hydrogen-bond acceptors (Lipinski definition) is 3. The number of rotatable bonds is 3. The molecule has 6 nitrogen and oxygen atoms in total. The lowest BCUT2D eigenvalue weighted by Gasteiger charge is -2.38. The van der Waals surface area contributed by atoms with Gasteiger partial charge in [0.25, 0.3) is 0 Å². The average Bonchev–Trinajstić information content (AvgIpc) is 3.06. The maximum Gasteiger partial charge on any atom is 0.191 e. The second-order valence-electron chi connectivity index (χ2n) is 7.93. The van der Waals surface area contributed by atoms with Crippen molar-refractivity contribution in [3.63, 3.8) is 0 Å². The van der Waals surface area contributed by atoms with E-state index in [-0.39, 0.29) is 11.6 Å². The third-order valence-corrected chi connectivity index (χ3v) is 5.01. The van der Waals surface area contributed by atoms with Gasteiger partial charge in [-0.15, -0.1) is 0 Å². The summed E-state index contributed by atoms with van der Waals surface area (Å²) in [7, 11) is 1.79. The Bertz CT molecular complexity index is 1020. The van der Waals surface area contributed by atoms with E-state index in [1.54, 1.807) is 7.05 Å². The minimum atomic E-state index is -0.232. The zero-order valence-corrected chi connectivity index (χ0v) is 16.9. The predicted octanol–water partition coefficient (Wildman–Crippen LogP) is 3.61. The van der Waals surface area contributed by atoms with E-state index in [0.29, 0.717) is 6.54 Å². The van der Waals surface area contributed by atoms with E-state index >= 15 is 0 Å². The quantitative estimate of drug-likeness (QED) is 0.541. The van der Waals surface area contributed by atoms with Crippen LogP contribution in [0.2, 0.25) is 0 Å². The molecule has 146 valence electrons. The van der Waals surface area contributed by atoms with E-state index in [9.17, 15) is 0 Å². The number of hydrogen-bond donors (Lipinski definition) is 2. The summed E-state index contributed by atoms with van der Waals surface area (Å²) in [5.74, 6) is 1.69. The van der Waals surface area contributed by atoms with Crippen molar-refractivity contribution in [3.8, 4) is 5.75 Å². The molecule has 0 spiro atoms.